The van der Waals surface area contributed by atoms with E-state index in [9.17, 15) is 14.4 Å². The van der Waals surface area contributed by atoms with Crippen LogP contribution in [0.5, 0.6) is 5.75 Å². The Bertz CT molecular complexity index is 1320. The third-order valence-corrected chi connectivity index (χ3v) is 5.84. The van der Waals surface area contributed by atoms with E-state index in [4.69, 9.17) is 10.5 Å². The molecular weight excluding hydrogens is 419 g/mol. The average molecular weight is 436 g/mol. The topological polar surface area (TPSA) is 119 Å². The smallest absolute Gasteiger partial charge is 0.258 e. The van der Waals surface area contributed by atoms with E-state index in [1.54, 1.807) is 28.8 Å². The highest BCUT2D eigenvalue weighted by Crippen LogP contribution is 2.31. The SMILES string of the molecule is COc1ccc(F)c2c1cc(C#N)n2CCNc1cc(-c2ccc(C(N)=O)s2)ncn1. The van der Waals surface area contributed by atoms with Crippen LogP contribution in [0.4, 0.5) is 10.2 Å². The number of amides is 1. The molecule has 0 aliphatic rings. The summed E-state index contributed by atoms with van der Waals surface area (Å²) >= 11 is 1.25. The maximum absolute atomic E-state index is 14.5. The molecule has 0 saturated heterocycles. The Balaban J connectivity index is 1.54. The average Bonchev–Trinajstić information content (AvgIpc) is 3.40. The molecule has 156 valence electrons. The van der Waals surface area contributed by atoms with Crippen LogP contribution >= 0.6 is 11.3 Å². The number of methoxy groups -OCH3 is 1. The first-order valence-electron chi connectivity index (χ1n) is 9.23. The molecule has 0 aliphatic heterocycles. The van der Waals surface area contributed by atoms with E-state index in [0.717, 1.165) is 4.88 Å². The van der Waals surface area contributed by atoms with Gasteiger partial charge in [-0.1, -0.05) is 0 Å². The highest BCUT2D eigenvalue weighted by molar-refractivity contribution is 7.17. The summed E-state index contributed by atoms with van der Waals surface area (Å²) in [6.07, 6.45) is 1.41. The molecule has 0 atom stereocenters. The summed E-state index contributed by atoms with van der Waals surface area (Å²) in [4.78, 5) is 21.0. The number of hydrogen-bond acceptors (Lipinski definition) is 7. The number of nitrogens with two attached hydrogens (primary N) is 1. The molecule has 3 aromatic heterocycles. The molecule has 3 heterocycles. The van der Waals surface area contributed by atoms with Gasteiger partial charge in [-0.05, 0) is 30.3 Å². The fourth-order valence-corrected chi connectivity index (χ4v) is 4.13. The molecule has 0 spiro atoms. The standard InChI is InChI=1S/C21H17FN6O2S/c1-30-16-3-2-14(22)20-13(16)8-12(10-23)28(20)7-6-25-19-9-15(26-11-27-19)17-4-5-18(31-17)21(24)29/h2-5,8-9,11H,6-7H2,1H3,(H2,24,29)(H,25,26,27). The lowest BCUT2D eigenvalue weighted by Gasteiger charge is -2.11. The minimum atomic E-state index is -0.486. The number of rotatable bonds is 7. The van der Waals surface area contributed by atoms with Gasteiger partial charge in [-0.3, -0.25) is 4.79 Å². The van der Waals surface area contributed by atoms with E-state index in [1.807, 2.05) is 0 Å². The van der Waals surface area contributed by atoms with Gasteiger partial charge >= 0.3 is 0 Å². The molecule has 1 amide bonds. The fourth-order valence-electron chi connectivity index (χ4n) is 3.31. The van der Waals surface area contributed by atoms with E-state index >= 15 is 0 Å². The number of carbonyl (C=O) groups is 1. The molecule has 31 heavy (non-hydrogen) atoms. The zero-order chi connectivity index (χ0) is 22.0. The normalized spacial score (nSPS) is 10.7. The third-order valence-electron chi connectivity index (χ3n) is 4.71. The number of nitrogens with zero attached hydrogens (tertiary/aromatic N) is 4. The molecule has 0 unspecified atom stereocenters. The number of carbonyl (C=O) groups excluding carboxylic acids is 1. The Morgan fingerprint density at radius 2 is 2.16 bits per heavy atom. The third kappa shape index (κ3) is 3.91. The molecule has 0 saturated carbocycles. The van der Waals surface area contributed by atoms with E-state index in [0.29, 0.717) is 51.8 Å². The fraction of sp³-hybridized carbons (Fsp3) is 0.143. The molecular formula is C21H17FN6O2S. The van der Waals surface area contributed by atoms with Crippen LogP contribution in [-0.4, -0.2) is 34.1 Å². The number of thiophene rings is 1. The van der Waals surface area contributed by atoms with Gasteiger partial charge < -0.3 is 20.4 Å². The maximum Gasteiger partial charge on any atom is 0.258 e. The zero-order valence-electron chi connectivity index (χ0n) is 16.4. The summed E-state index contributed by atoms with van der Waals surface area (Å²) in [6.45, 7) is 0.725. The Morgan fingerprint density at radius 3 is 2.87 bits per heavy atom. The molecule has 0 bridgehead atoms. The van der Waals surface area contributed by atoms with E-state index in [-0.39, 0.29) is 0 Å². The second-order valence-corrected chi connectivity index (χ2v) is 7.63. The van der Waals surface area contributed by atoms with Crippen molar-refractivity contribution in [1.82, 2.24) is 14.5 Å². The van der Waals surface area contributed by atoms with Gasteiger partial charge in [0.2, 0.25) is 0 Å². The van der Waals surface area contributed by atoms with Crippen LogP contribution in [0.2, 0.25) is 0 Å². The van der Waals surface area contributed by atoms with Crippen molar-refractivity contribution >= 4 is 34.0 Å². The lowest BCUT2D eigenvalue weighted by atomic mass is 10.2. The highest BCUT2D eigenvalue weighted by Gasteiger charge is 2.16. The molecule has 0 radical (unpaired) electrons. The lowest BCUT2D eigenvalue weighted by Crippen LogP contribution is -2.13. The van der Waals surface area contributed by atoms with E-state index in [1.165, 1.54) is 36.9 Å². The minimum Gasteiger partial charge on any atom is -0.496 e. The van der Waals surface area contributed by atoms with Gasteiger partial charge in [-0.25, -0.2) is 14.4 Å². The lowest BCUT2D eigenvalue weighted by molar-refractivity contribution is 0.100. The number of primary amides is 1. The van der Waals surface area contributed by atoms with Crippen LogP contribution in [0.1, 0.15) is 15.4 Å². The van der Waals surface area contributed by atoms with Crippen molar-refractivity contribution in [2.75, 3.05) is 19.0 Å². The monoisotopic (exact) mass is 436 g/mol. The van der Waals surface area contributed by atoms with Crippen LogP contribution in [0.25, 0.3) is 21.5 Å². The van der Waals surface area contributed by atoms with Crippen molar-refractivity contribution in [2.24, 2.45) is 5.73 Å². The molecule has 0 fully saturated rings. The van der Waals surface area contributed by atoms with Gasteiger partial charge in [-0.2, -0.15) is 5.26 Å². The number of hydrogen-bond donors (Lipinski definition) is 2. The predicted molar refractivity (Wildman–Crippen MR) is 116 cm³/mol. The number of ether oxygens (including phenoxy) is 1. The number of nitriles is 1. The summed E-state index contributed by atoms with van der Waals surface area (Å²) in [5, 5.41) is 13.2. The van der Waals surface area contributed by atoms with Crippen molar-refractivity contribution in [3.05, 3.63) is 59.1 Å². The summed E-state index contributed by atoms with van der Waals surface area (Å²) in [5.41, 5.74) is 6.61. The van der Waals surface area contributed by atoms with Gasteiger partial charge in [0, 0.05) is 24.5 Å². The van der Waals surface area contributed by atoms with Gasteiger partial charge in [0.05, 0.1) is 28.1 Å². The van der Waals surface area contributed by atoms with Crippen molar-refractivity contribution < 1.29 is 13.9 Å². The zero-order valence-corrected chi connectivity index (χ0v) is 17.2. The molecule has 10 heteroatoms. The Hall–Kier alpha value is -3.97. The Labute approximate surface area is 180 Å². The molecule has 4 rings (SSSR count). The second kappa shape index (κ2) is 8.41. The van der Waals surface area contributed by atoms with Crippen molar-refractivity contribution in [3.63, 3.8) is 0 Å². The summed E-state index contributed by atoms with van der Waals surface area (Å²) in [7, 11) is 1.50. The molecule has 1 aromatic carbocycles. The van der Waals surface area contributed by atoms with Gasteiger partial charge in [0.15, 0.2) is 0 Å². The summed E-state index contributed by atoms with van der Waals surface area (Å²) < 4.78 is 21.4. The van der Waals surface area contributed by atoms with Crippen molar-refractivity contribution in [1.29, 1.82) is 5.26 Å². The predicted octanol–water partition coefficient (Wildman–Crippen LogP) is 3.39. The van der Waals surface area contributed by atoms with Crippen molar-refractivity contribution in [2.45, 2.75) is 6.54 Å². The molecule has 0 aliphatic carbocycles. The first kappa shape index (κ1) is 20.3. The van der Waals surface area contributed by atoms with Crippen LogP contribution in [0, 0.1) is 17.1 Å². The second-order valence-electron chi connectivity index (χ2n) is 6.55. The summed E-state index contributed by atoms with van der Waals surface area (Å²) in [6, 6.07) is 11.8. The number of fused-ring (bicyclic) bond motifs is 1. The highest BCUT2D eigenvalue weighted by atomic mass is 32.1. The van der Waals surface area contributed by atoms with Crippen LogP contribution in [0.15, 0.2) is 42.7 Å². The molecule has 8 nitrogen and oxygen atoms in total. The van der Waals surface area contributed by atoms with Gasteiger partial charge in [0.1, 0.15) is 35.5 Å². The first-order chi connectivity index (χ1) is 15.0. The largest absolute Gasteiger partial charge is 0.496 e. The summed E-state index contributed by atoms with van der Waals surface area (Å²) in [5.74, 6) is 0.155. The first-order valence-corrected chi connectivity index (χ1v) is 10.0. The van der Waals surface area contributed by atoms with Crippen LogP contribution in [-0.2, 0) is 6.54 Å². The molecule has 4 aromatic rings. The number of aromatic nitrogens is 3. The number of benzene rings is 1. The van der Waals surface area contributed by atoms with Crippen molar-refractivity contribution in [3.8, 4) is 22.4 Å². The quantitative estimate of drug-likeness (QED) is 0.458. The van der Waals surface area contributed by atoms with Gasteiger partial charge in [-0.15, -0.1) is 11.3 Å². The van der Waals surface area contributed by atoms with Gasteiger partial charge in [0.25, 0.3) is 5.91 Å². The molecule has 3 N–H and O–H groups in total. The maximum atomic E-state index is 14.5. The van der Waals surface area contributed by atoms with E-state index in [2.05, 4.69) is 21.4 Å². The minimum absolute atomic E-state index is 0.318. The van der Waals surface area contributed by atoms with Crippen LogP contribution < -0.4 is 15.8 Å². The van der Waals surface area contributed by atoms with E-state index < -0.39 is 11.7 Å². The van der Waals surface area contributed by atoms with Crippen LogP contribution in [0.3, 0.4) is 0 Å². The Morgan fingerprint density at radius 1 is 1.32 bits per heavy atom. The number of anilines is 1. The number of nitrogens with one attached hydrogen (secondary N) is 1. The number of halogens is 1. The Kier molecular flexibility index (Phi) is 5.51.